The van der Waals surface area contributed by atoms with Gasteiger partial charge >= 0.3 is 0 Å². The molecule has 0 spiro atoms. The SMILES string of the molecule is COc1cccc(C=NNC(=O)CCC(=O)Nc2cccc(Cl)c2)c1. The van der Waals surface area contributed by atoms with Crippen LogP contribution in [0.15, 0.2) is 53.6 Å². The molecule has 0 bridgehead atoms. The molecule has 0 aliphatic rings. The van der Waals surface area contributed by atoms with Crippen molar-refractivity contribution in [2.75, 3.05) is 12.4 Å². The maximum absolute atomic E-state index is 11.8. The first-order valence-electron chi connectivity index (χ1n) is 7.58. The smallest absolute Gasteiger partial charge is 0.240 e. The third-order valence-corrected chi connectivity index (χ3v) is 3.42. The summed E-state index contributed by atoms with van der Waals surface area (Å²) in [5.74, 6) is 0.0857. The zero-order valence-corrected chi connectivity index (χ0v) is 14.4. The fourth-order valence-corrected chi connectivity index (χ4v) is 2.16. The zero-order valence-electron chi connectivity index (χ0n) is 13.7. The molecule has 130 valence electrons. The van der Waals surface area contributed by atoms with Gasteiger partial charge in [-0.2, -0.15) is 5.10 Å². The van der Waals surface area contributed by atoms with Crippen molar-refractivity contribution in [1.82, 2.24) is 5.43 Å². The highest BCUT2D eigenvalue weighted by molar-refractivity contribution is 6.30. The Morgan fingerprint density at radius 1 is 1.12 bits per heavy atom. The maximum atomic E-state index is 11.8. The van der Waals surface area contributed by atoms with Crippen LogP contribution < -0.4 is 15.5 Å². The van der Waals surface area contributed by atoms with Gasteiger partial charge in [0.05, 0.1) is 13.3 Å². The quantitative estimate of drug-likeness (QED) is 0.588. The summed E-state index contributed by atoms with van der Waals surface area (Å²) in [4.78, 5) is 23.5. The summed E-state index contributed by atoms with van der Waals surface area (Å²) in [6, 6.07) is 14.1. The Hall–Kier alpha value is -2.86. The number of nitrogens with one attached hydrogen (secondary N) is 2. The molecule has 2 N–H and O–H groups in total. The van der Waals surface area contributed by atoms with Gasteiger partial charge in [-0.05, 0) is 35.9 Å². The van der Waals surface area contributed by atoms with Gasteiger partial charge in [0.15, 0.2) is 0 Å². The van der Waals surface area contributed by atoms with Gasteiger partial charge in [0.25, 0.3) is 0 Å². The molecular formula is C18H18ClN3O3. The van der Waals surface area contributed by atoms with Crippen LogP contribution >= 0.6 is 11.6 Å². The van der Waals surface area contributed by atoms with Crippen LogP contribution in [-0.4, -0.2) is 25.1 Å². The summed E-state index contributed by atoms with van der Waals surface area (Å²) in [7, 11) is 1.58. The lowest BCUT2D eigenvalue weighted by Crippen LogP contribution is -2.20. The fourth-order valence-electron chi connectivity index (χ4n) is 1.97. The molecule has 0 heterocycles. The summed E-state index contributed by atoms with van der Waals surface area (Å²) in [5, 5.41) is 7.07. The molecule has 2 rings (SSSR count). The van der Waals surface area contributed by atoms with Crippen molar-refractivity contribution < 1.29 is 14.3 Å². The summed E-state index contributed by atoms with van der Waals surface area (Å²) in [6.45, 7) is 0. The maximum Gasteiger partial charge on any atom is 0.240 e. The van der Waals surface area contributed by atoms with Crippen molar-refractivity contribution in [3.63, 3.8) is 0 Å². The molecule has 6 nitrogen and oxygen atoms in total. The molecule has 25 heavy (non-hydrogen) atoms. The highest BCUT2D eigenvalue weighted by atomic mass is 35.5. The average Bonchev–Trinajstić information content (AvgIpc) is 2.60. The first-order valence-corrected chi connectivity index (χ1v) is 7.96. The minimum Gasteiger partial charge on any atom is -0.497 e. The Kier molecular flexibility index (Phi) is 6.98. The van der Waals surface area contributed by atoms with E-state index in [1.165, 1.54) is 6.21 Å². The number of ether oxygens (including phenoxy) is 1. The fraction of sp³-hybridized carbons (Fsp3) is 0.167. The van der Waals surface area contributed by atoms with Crippen molar-refractivity contribution in [3.05, 3.63) is 59.1 Å². The van der Waals surface area contributed by atoms with E-state index < -0.39 is 0 Å². The van der Waals surface area contributed by atoms with E-state index in [4.69, 9.17) is 16.3 Å². The van der Waals surface area contributed by atoms with E-state index in [0.717, 1.165) is 5.56 Å². The van der Waals surface area contributed by atoms with Crippen LogP contribution in [0, 0.1) is 0 Å². The summed E-state index contributed by atoms with van der Waals surface area (Å²) in [5.41, 5.74) is 3.77. The zero-order chi connectivity index (χ0) is 18.1. The number of hydrazone groups is 1. The average molecular weight is 360 g/mol. The van der Waals surface area contributed by atoms with Crippen molar-refractivity contribution >= 4 is 35.3 Å². The standard InChI is InChI=1S/C18H18ClN3O3/c1-25-16-7-2-4-13(10-16)12-20-22-18(24)9-8-17(23)21-15-6-3-5-14(19)11-15/h2-7,10-12H,8-9H2,1H3,(H,21,23)(H,22,24). The Morgan fingerprint density at radius 3 is 2.64 bits per heavy atom. The molecule has 0 aromatic heterocycles. The predicted molar refractivity (Wildman–Crippen MR) is 98.0 cm³/mol. The molecule has 0 saturated heterocycles. The van der Waals surface area contributed by atoms with Gasteiger partial charge in [0, 0.05) is 23.6 Å². The van der Waals surface area contributed by atoms with E-state index in [-0.39, 0.29) is 24.7 Å². The first kappa shape index (κ1) is 18.5. The van der Waals surface area contributed by atoms with Crippen LogP contribution in [0.2, 0.25) is 5.02 Å². The van der Waals surface area contributed by atoms with E-state index in [2.05, 4.69) is 15.8 Å². The molecule has 0 radical (unpaired) electrons. The van der Waals surface area contributed by atoms with Crippen LogP contribution in [0.1, 0.15) is 18.4 Å². The number of rotatable bonds is 7. The first-order chi connectivity index (χ1) is 12.1. The summed E-state index contributed by atoms with van der Waals surface area (Å²) >= 11 is 5.84. The molecule has 0 atom stereocenters. The topological polar surface area (TPSA) is 79.8 Å². The molecule has 0 unspecified atom stereocenters. The number of carbonyl (C=O) groups is 2. The molecule has 0 saturated carbocycles. The third kappa shape index (κ3) is 6.64. The second-order valence-electron chi connectivity index (χ2n) is 5.13. The van der Waals surface area contributed by atoms with Gasteiger partial charge in [0.2, 0.25) is 11.8 Å². The Morgan fingerprint density at radius 2 is 1.88 bits per heavy atom. The van der Waals surface area contributed by atoms with Gasteiger partial charge in [-0.1, -0.05) is 29.8 Å². The Labute approximate surface area is 150 Å². The van der Waals surface area contributed by atoms with Crippen molar-refractivity contribution in [2.24, 2.45) is 5.10 Å². The second-order valence-corrected chi connectivity index (χ2v) is 5.56. The Bertz CT molecular complexity index is 778. The summed E-state index contributed by atoms with van der Waals surface area (Å²) < 4.78 is 5.10. The lowest BCUT2D eigenvalue weighted by molar-refractivity contribution is -0.124. The molecule has 0 fully saturated rings. The van der Waals surface area contributed by atoms with Crippen molar-refractivity contribution in [3.8, 4) is 5.75 Å². The minimum absolute atomic E-state index is 0.0296. The van der Waals surface area contributed by atoms with Crippen LogP contribution in [0.25, 0.3) is 0 Å². The number of methoxy groups -OCH3 is 1. The number of hydrogen-bond donors (Lipinski definition) is 2. The number of hydrogen-bond acceptors (Lipinski definition) is 4. The number of benzene rings is 2. The molecule has 0 aliphatic heterocycles. The minimum atomic E-state index is -0.347. The molecule has 2 aromatic rings. The van der Waals surface area contributed by atoms with Gasteiger partial charge < -0.3 is 10.1 Å². The molecule has 2 amide bonds. The normalized spacial score (nSPS) is 10.5. The molecule has 2 aromatic carbocycles. The Balaban J connectivity index is 1.74. The van der Waals surface area contributed by atoms with Gasteiger partial charge in [0.1, 0.15) is 5.75 Å². The lowest BCUT2D eigenvalue weighted by Gasteiger charge is -2.05. The van der Waals surface area contributed by atoms with Crippen molar-refractivity contribution in [1.29, 1.82) is 0 Å². The van der Waals surface area contributed by atoms with Crippen LogP contribution in [0.4, 0.5) is 5.69 Å². The van der Waals surface area contributed by atoms with Crippen LogP contribution in [0.3, 0.4) is 0 Å². The number of anilines is 1. The molecule has 0 aliphatic carbocycles. The van der Waals surface area contributed by atoms with Gasteiger partial charge in [-0.25, -0.2) is 5.43 Å². The second kappa shape index (κ2) is 9.44. The predicted octanol–water partition coefficient (Wildman–Crippen LogP) is 3.22. The third-order valence-electron chi connectivity index (χ3n) is 3.18. The number of halogens is 1. The lowest BCUT2D eigenvalue weighted by atomic mass is 10.2. The van der Waals surface area contributed by atoms with Crippen molar-refractivity contribution in [2.45, 2.75) is 12.8 Å². The summed E-state index contributed by atoms with van der Waals surface area (Å²) in [6.07, 6.45) is 1.58. The molecule has 7 heteroatoms. The largest absolute Gasteiger partial charge is 0.497 e. The number of nitrogens with zero attached hydrogens (tertiary/aromatic N) is 1. The van der Waals surface area contributed by atoms with E-state index >= 15 is 0 Å². The number of amides is 2. The van der Waals surface area contributed by atoms with Crippen LogP contribution in [-0.2, 0) is 9.59 Å². The van der Waals surface area contributed by atoms with E-state index in [1.54, 1.807) is 37.4 Å². The van der Waals surface area contributed by atoms with Gasteiger partial charge in [-0.15, -0.1) is 0 Å². The monoisotopic (exact) mass is 359 g/mol. The van der Waals surface area contributed by atoms with Crippen LogP contribution in [0.5, 0.6) is 5.75 Å². The number of carbonyl (C=O) groups excluding carboxylic acids is 2. The van der Waals surface area contributed by atoms with E-state index in [1.807, 2.05) is 18.2 Å². The highest BCUT2D eigenvalue weighted by Crippen LogP contribution is 2.15. The highest BCUT2D eigenvalue weighted by Gasteiger charge is 2.07. The van der Waals surface area contributed by atoms with E-state index in [9.17, 15) is 9.59 Å². The van der Waals surface area contributed by atoms with E-state index in [0.29, 0.717) is 16.5 Å². The molecular weight excluding hydrogens is 342 g/mol. The van der Waals surface area contributed by atoms with Gasteiger partial charge in [-0.3, -0.25) is 9.59 Å².